The van der Waals surface area contributed by atoms with Gasteiger partial charge in [-0.25, -0.2) is 0 Å². The standard InChI is InChI=1S/C9H18O2/c1-8(2)5-6(10)9(3,4)7(8)11/h6-7,10-11H,5H2,1-4H3. The molecule has 2 N–H and O–H groups in total. The summed E-state index contributed by atoms with van der Waals surface area (Å²) in [6.45, 7) is 7.82. The molecule has 0 spiro atoms. The Labute approximate surface area is 68.2 Å². The molecule has 0 amide bonds. The third kappa shape index (κ3) is 1.18. The molecule has 0 aliphatic heterocycles. The van der Waals surface area contributed by atoms with Crippen LogP contribution in [0.3, 0.4) is 0 Å². The minimum atomic E-state index is -0.398. The van der Waals surface area contributed by atoms with Crippen molar-refractivity contribution < 1.29 is 10.2 Å². The molecular formula is C9H18O2. The lowest BCUT2D eigenvalue weighted by Crippen LogP contribution is -2.36. The Morgan fingerprint density at radius 3 is 1.64 bits per heavy atom. The zero-order chi connectivity index (χ0) is 8.86. The summed E-state index contributed by atoms with van der Waals surface area (Å²) in [4.78, 5) is 0. The first-order valence-corrected chi connectivity index (χ1v) is 4.14. The topological polar surface area (TPSA) is 40.5 Å². The molecule has 1 fully saturated rings. The second-order valence-electron chi connectivity index (χ2n) is 4.93. The molecule has 0 saturated heterocycles. The highest BCUT2D eigenvalue weighted by molar-refractivity contribution is 5.01. The second-order valence-corrected chi connectivity index (χ2v) is 4.93. The van der Waals surface area contributed by atoms with Gasteiger partial charge in [-0.1, -0.05) is 27.7 Å². The maximum Gasteiger partial charge on any atom is 0.0667 e. The summed E-state index contributed by atoms with van der Waals surface area (Å²) in [5.41, 5.74) is -0.480. The predicted molar refractivity (Wildman–Crippen MR) is 44.2 cm³/mol. The van der Waals surface area contributed by atoms with E-state index in [4.69, 9.17) is 0 Å². The summed E-state index contributed by atoms with van der Waals surface area (Å²) in [7, 11) is 0. The average molecular weight is 158 g/mol. The van der Waals surface area contributed by atoms with Crippen LogP contribution < -0.4 is 0 Å². The van der Waals surface area contributed by atoms with Gasteiger partial charge in [-0.05, 0) is 11.8 Å². The number of rotatable bonds is 0. The van der Waals surface area contributed by atoms with Gasteiger partial charge in [0.25, 0.3) is 0 Å². The molecule has 0 radical (unpaired) electrons. The van der Waals surface area contributed by atoms with E-state index in [1.54, 1.807) is 0 Å². The van der Waals surface area contributed by atoms with Gasteiger partial charge in [-0.15, -0.1) is 0 Å². The molecule has 1 saturated carbocycles. The first-order chi connectivity index (χ1) is 4.78. The minimum absolute atomic E-state index is 0.136. The molecule has 1 aliphatic rings. The quantitative estimate of drug-likeness (QED) is 0.555. The SMILES string of the molecule is CC1(C)CC(O)C(C)(C)C1O. The van der Waals surface area contributed by atoms with Gasteiger partial charge in [-0.2, -0.15) is 0 Å². The Morgan fingerprint density at radius 2 is 1.55 bits per heavy atom. The van der Waals surface area contributed by atoms with Gasteiger partial charge in [0, 0.05) is 5.41 Å². The molecule has 2 nitrogen and oxygen atoms in total. The van der Waals surface area contributed by atoms with E-state index in [9.17, 15) is 10.2 Å². The molecule has 66 valence electrons. The molecule has 1 rings (SSSR count). The average Bonchev–Trinajstić information content (AvgIpc) is 1.94. The lowest BCUT2D eigenvalue weighted by Gasteiger charge is -2.30. The van der Waals surface area contributed by atoms with Crippen LogP contribution in [-0.2, 0) is 0 Å². The Bertz CT molecular complexity index is 161. The number of aliphatic hydroxyl groups excluding tert-OH is 2. The van der Waals surface area contributed by atoms with Crippen molar-refractivity contribution in [3.63, 3.8) is 0 Å². The first-order valence-electron chi connectivity index (χ1n) is 4.14. The molecule has 1 aliphatic carbocycles. The van der Waals surface area contributed by atoms with E-state index in [2.05, 4.69) is 0 Å². The van der Waals surface area contributed by atoms with E-state index >= 15 is 0 Å². The molecule has 0 bridgehead atoms. The van der Waals surface area contributed by atoms with Crippen molar-refractivity contribution in [2.24, 2.45) is 10.8 Å². The molecule has 11 heavy (non-hydrogen) atoms. The van der Waals surface area contributed by atoms with Gasteiger partial charge in [0.2, 0.25) is 0 Å². The van der Waals surface area contributed by atoms with Crippen LogP contribution >= 0.6 is 0 Å². The third-order valence-electron chi connectivity index (χ3n) is 3.02. The second kappa shape index (κ2) is 2.20. The van der Waals surface area contributed by atoms with Gasteiger partial charge >= 0.3 is 0 Å². The Balaban J connectivity index is 2.89. The van der Waals surface area contributed by atoms with Gasteiger partial charge < -0.3 is 10.2 Å². The van der Waals surface area contributed by atoms with Crippen LogP contribution in [0.5, 0.6) is 0 Å². The van der Waals surface area contributed by atoms with Gasteiger partial charge in [-0.3, -0.25) is 0 Å². The van der Waals surface area contributed by atoms with Crippen LogP contribution in [0, 0.1) is 10.8 Å². The normalized spacial score (nSPS) is 40.9. The molecule has 2 heteroatoms. The van der Waals surface area contributed by atoms with Crippen molar-refractivity contribution >= 4 is 0 Å². The molecular weight excluding hydrogens is 140 g/mol. The van der Waals surface area contributed by atoms with E-state index < -0.39 is 6.10 Å². The largest absolute Gasteiger partial charge is 0.392 e. The molecule has 2 atom stereocenters. The fraction of sp³-hybridized carbons (Fsp3) is 1.00. The maximum atomic E-state index is 9.80. The predicted octanol–water partition coefficient (Wildman–Crippen LogP) is 1.16. The zero-order valence-electron chi connectivity index (χ0n) is 7.76. The van der Waals surface area contributed by atoms with Crippen LogP contribution in [0.25, 0.3) is 0 Å². The third-order valence-corrected chi connectivity index (χ3v) is 3.02. The number of hydrogen-bond acceptors (Lipinski definition) is 2. The fourth-order valence-electron chi connectivity index (χ4n) is 2.06. The summed E-state index contributed by atoms with van der Waals surface area (Å²) in [6, 6.07) is 0. The number of hydrogen-bond donors (Lipinski definition) is 2. The van der Waals surface area contributed by atoms with Crippen LogP contribution in [-0.4, -0.2) is 22.4 Å². The van der Waals surface area contributed by atoms with Crippen molar-refractivity contribution in [1.82, 2.24) is 0 Å². The Morgan fingerprint density at radius 1 is 1.09 bits per heavy atom. The van der Waals surface area contributed by atoms with E-state index in [0.717, 1.165) is 0 Å². The molecule has 0 aromatic heterocycles. The van der Waals surface area contributed by atoms with Crippen molar-refractivity contribution in [2.75, 3.05) is 0 Å². The van der Waals surface area contributed by atoms with Crippen molar-refractivity contribution in [1.29, 1.82) is 0 Å². The van der Waals surface area contributed by atoms with E-state index in [1.807, 2.05) is 27.7 Å². The smallest absolute Gasteiger partial charge is 0.0667 e. The highest BCUT2D eigenvalue weighted by Crippen LogP contribution is 2.48. The van der Waals surface area contributed by atoms with Gasteiger partial charge in [0.05, 0.1) is 12.2 Å². The van der Waals surface area contributed by atoms with Gasteiger partial charge in [0.15, 0.2) is 0 Å². The summed E-state index contributed by atoms with van der Waals surface area (Å²) >= 11 is 0. The van der Waals surface area contributed by atoms with E-state index in [0.29, 0.717) is 6.42 Å². The maximum absolute atomic E-state index is 9.80. The lowest BCUT2D eigenvalue weighted by atomic mass is 9.81. The van der Waals surface area contributed by atoms with E-state index in [-0.39, 0.29) is 16.9 Å². The van der Waals surface area contributed by atoms with E-state index in [1.165, 1.54) is 0 Å². The van der Waals surface area contributed by atoms with Crippen molar-refractivity contribution in [3.8, 4) is 0 Å². The number of aliphatic hydroxyl groups is 2. The summed E-state index contributed by atoms with van der Waals surface area (Å²) in [5, 5.41) is 19.4. The van der Waals surface area contributed by atoms with Crippen molar-refractivity contribution in [3.05, 3.63) is 0 Å². The highest BCUT2D eigenvalue weighted by atomic mass is 16.3. The summed E-state index contributed by atoms with van der Waals surface area (Å²) in [5.74, 6) is 0. The first kappa shape index (κ1) is 9.01. The highest BCUT2D eigenvalue weighted by Gasteiger charge is 2.51. The molecule has 2 unspecified atom stereocenters. The van der Waals surface area contributed by atoms with Crippen LogP contribution in [0.2, 0.25) is 0 Å². The van der Waals surface area contributed by atoms with Crippen LogP contribution in [0.15, 0.2) is 0 Å². The Hall–Kier alpha value is -0.0800. The Kier molecular flexibility index (Phi) is 1.81. The van der Waals surface area contributed by atoms with Crippen molar-refractivity contribution in [2.45, 2.75) is 46.3 Å². The van der Waals surface area contributed by atoms with Crippen LogP contribution in [0.1, 0.15) is 34.1 Å². The molecule has 0 aromatic carbocycles. The molecule has 0 heterocycles. The lowest BCUT2D eigenvalue weighted by molar-refractivity contribution is -0.0221. The van der Waals surface area contributed by atoms with Gasteiger partial charge in [0.1, 0.15) is 0 Å². The summed E-state index contributed by atoms with van der Waals surface area (Å²) in [6.07, 6.45) is -0.0706. The van der Waals surface area contributed by atoms with Crippen LogP contribution in [0.4, 0.5) is 0 Å². The fourth-order valence-corrected chi connectivity index (χ4v) is 2.06. The minimum Gasteiger partial charge on any atom is -0.392 e. The summed E-state index contributed by atoms with van der Waals surface area (Å²) < 4.78 is 0. The zero-order valence-corrected chi connectivity index (χ0v) is 7.76. The monoisotopic (exact) mass is 158 g/mol. The molecule has 0 aromatic rings.